The van der Waals surface area contributed by atoms with E-state index in [4.69, 9.17) is 15.7 Å². The van der Waals surface area contributed by atoms with Gasteiger partial charge in [0.25, 0.3) is 0 Å². The monoisotopic (exact) mass is 194 g/mol. The molecule has 0 aliphatic carbocycles. The van der Waals surface area contributed by atoms with E-state index in [1.54, 1.807) is 6.07 Å². The van der Waals surface area contributed by atoms with Crippen LogP contribution in [0.15, 0.2) is 18.2 Å². The summed E-state index contributed by atoms with van der Waals surface area (Å²) in [6, 6.07) is 5.91. The summed E-state index contributed by atoms with van der Waals surface area (Å²) in [6.45, 7) is 0. The van der Waals surface area contributed by atoms with E-state index in [0.717, 1.165) is 0 Å². The molecule has 0 aliphatic rings. The lowest BCUT2D eigenvalue weighted by Gasteiger charge is -2.09. The Kier molecular flexibility index (Phi) is 3.43. The Bertz CT molecular complexity index is 360. The second kappa shape index (κ2) is 4.58. The molecule has 0 bridgehead atoms. The van der Waals surface area contributed by atoms with Crippen molar-refractivity contribution in [2.24, 2.45) is 5.73 Å². The number of nitrogens with zero attached hydrogens (tertiary/aromatic N) is 1. The molecule has 0 aromatic heterocycles. The molecule has 0 aliphatic heterocycles. The van der Waals surface area contributed by atoms with Gasteiger partial charge in [0.1, 0.15) is 0 Å². The lowest BCUT2D eigenvalue weighted by atomic mass is 10.1. The summed E-state index contributed by atoms with van der Waals surface area (Å²) in [6.07, 6.45) is 0.203. The van der Waals surface area contributed by atoms with Crippen LogP contribution in [0.5, 0.6) is 5.75 Å². The maximum Gasteiger partial charge on any atom is 0.165 e. The second-order valence-corrected chi connectivity index (χ2v) is 2.86. The first-order valence-electron chi connectivity index (χ1n) is 4.15. The molecule has 1 aromatic rings. The zero-order chi connectivity index (χ0) is 10.6. The van der Waals surface area contributed by atoms with Crippen molar-refractivity contribution in [3.63, 3.8) is 0 Å². The highest BCUT2D eigenvalue weighted by Gasteiger charge is 2.09. The minimum Gasteiger partial charge on any atom is -0.494 e. The van der Waals surface area contributed by atoms with Gasteiger partial charge in [-0.25, -0.2) is 4.39 Å². The molecule has 0 heterocycles. The summed E-state index contributed by atoms with van der Waals surface area (Å²) in [4.78, 5) is 0. The number of hydrogen-bond donors (Lipinski definition) is 1. The van der Waals surface area contributed by atoms with Crippen molar-refractivity contribution in [3.8, 4) is 11.8 Å². The average molecular weight is 194 g/mol. The largest absolute Gasteiger partial charge is 0.494 e. The minimum absolute atomic E-state index is 0.149. The Hall–Kier alpha value is -1.60. The predicted molar refractivity (Wildman–Crippen MR) is 50.1 cm³/mol. The van der Waals surface area contributed by atoms with Gasteiger partial charge in [-0.2, -0.15) is 5.26 Å². The summed E-state index contributed by atoms with van der Waals surface area (Å²) in [7, 11) is 1.39. The number of methoxy groups -OCH3 is 1. The molecule has 4 heteroatoms. The fraction of sp³-hybridized carbons (Fsp3) is 0.300. The van der Waals surface area contributed by atoms with E-state index in [1.807, 2.05) is 6.07 Å². The van der Waals surface area contributed by atoms with E-state index >= 15 is 0 Å². The Morgan fingerprint density at radius 2 is 2.36 bits per heavy atom. The number of benzene rings is 1. The molecule has 1 aromatic carbocycles. The van der Waals surface area contributed by atoms with E-state index in [2.05, 4.69) is 0 Å². The SMILES string of the molecule is COc1cc([C@@H](N)CC#N)ccc1F. The molecule has 0 saturated heterocycles. The molecule has 1 rings (SSSR count). The van der Waals surface area contributed by atoms with Crippen molar-refractivity contribution < 1.29 is 9.13 Å². The van der Waals surface area contributed by atoms with E-state index < -0.39 is 11.9 Å². The van der Waals surface area contributed by atoms with Crippen molar-refractivity contribution in [1.82, 2.24) is 0 Å². The Morgan fingerprint density at radius 3 is 2.93 bits per heavy atom. The van der Waals surface area contributed by atoms with Crippen LogP contribution in [0.1, 0.15) is 18.0 Å². The Labute approximate surface area is 81.9 Å². The van der Waals surface area contributed by atoms with Crippen molar-refractivity contribution in [3.05, 3.63) is 29.6 Å². The highest BCUT2D eigenvalue weighted by molar-refractivity contribution is 5.32. The van der Waals surface area contributed by atoms with Crippen LogP contribution in [0.25, 0.3) is 0 Å². The molecule has 0 radical (unpaired) electrons. The third kappa shape index (κ3) is 2.21. The second-order valence-electron chi connectivity index (χ2n) is 2.86. The van der Waals surface area contributed by atoms with Crippen LogP contribution in [-0.4, -0.2) is 7.11 Å². The van der Waals surface area contributed by atoms with Crippen LogP contribution in [0.3, 0.4) is 0 Å². The Balaban J connectivity index is 2.95. The average Bonchev–Trinajstić information content (AvgIpc) is 2.19. The molecule has 0 saturated carbocycles. The molecule has 0 unspecified atom stereocenters. The molecule has 0 spiro atoms. The first-order chi connectivity index (χ1) is 6.69. The highest BCUT2D eigenvalue weighted by atomic mass is 19.1. The van der Waals surface area contributed by atoms with Gasteiger partial charge in [-0.15, -0.1) is 0 Å². The van der Waals surface area contributed by atoms with Crippen LogP contribution in [-0.2, 0) is 0 Å². The standard InChI is InChI=1S/C10H11FN2O/c1-14-10-6-7(2-3-8(10)11)9(13)4-5-12/h2-3,6,9H,4,13H2,1H3/t9-/m0/s1. The number of halogens is 1. The zero-order valence-electron chi connectivity index (χ0n) is 7.83. The summed E-state index contributed by atoms with van der Waals surface area (Å²) < 4.78 is 17.8. The minimum atomic E-state index is -0.430. The molecule has 74 valence electrons. The molecule has 3 nitrogen and oxygen atoms in total. The van der Waals surface area contributed by atoms with Gasteiger partial charge in [0, 0.05) is 6.04 Å². The molecular formula is C10H11FN2O. The van der Waals surface area contributed by atoms with E-state index in [9.17, 15) is 4.39 Å². The van der Waals surface area contributed by atoms with Gasteiger partial charge in [0.2, 0.25) is 0 Å². The number of nitrogens with two attached hydrogens (primary N) is 1. The predicted octanol–water partition coefficient (Wildman–Crippen LogP) is 1.75. The summed E-state index contributed by atoms with van der Waals surface area (Å²) in [5, 5.41) is 8.44. The maximum atomic E-state index is 13.0. The summed E-state index contributed by atoms with van der Waals surface area (Å²) in [5.41, 5.74) is 6.38. The van der Waals surface area contributed by atoms with Crippen LogP contribution in [0.4, 0.5) is 4.39 Å². The van der Waals surface area contributed by atoms with Crippen LogP contribution in [0.2, 0.25) is 0 Å². The van der Waals surface area contributed by atoms with Gasteiger partial charge in [0.05, 0.1) is 19.6 Å². The summed E-state index contributed by atoms with van der Waals surface area (Å²) >= 11 is 0. The number of ether oxygens (including phenoxy) is 1. The van der Waals surface area contributed by atoms with Crippen molar-refractivity contribution in [2.45, 2.75) is 12.5 Å². The molecular weight excluding hydrogens is 183 g/mol. The third-order valence-electron chi connectivity index (χ3n) is 1.91. The van der Waals surface area contributed by atoms with Gasteiger partial charge in [-0.1, -0.05) is 6.07 Å². The smallest absolute Gasteiger partial charge is 0.165 e. The van der Waals surface area contributed by atoms with Gasteiger partial charge in [-0.05, 0) is 17.7 Å². The number of rotatable bonds is 3. The lowest BCUT2D eigenvalue weighted by molar-refractivity contribution is 0.385. The molecule has 14 heavy (non-hydrogen) atoms. The van der Waals surface area contributed by atoms with Crippen LogP contribution in [0, 0.1) is 17.1 Å². The van der Waals surface area contributed by atoms with Crippen molar-refractivity contribution in [1.29, 1.82) is 5.26 Å². The highest BCUT2D eigenvalue weighted by Crippen LogP contribution is 2.22. The van der Waals surface area contributed by atoms with Gasteiger partial charge in [0.15, 0.2) is 11.6 Å². The quantitative estimate of drug-likeness (QED) is 0.797. The van der Waals surface area contributed by atoms with E-state index in [1.165, 1.54) is 19.2 Å². The molecule has 0 fully saturated rings. The van der Waals surface area contributed by atoms with Crippen LogP contribution >= 0.6 is 0 Å². The maximum absolute atomic E-state index is 13.0. The van der Waals surface area contributed by atoms with Gasteiger partial charge < -0.3 is 10.5 Å². The molecule has 2 N–H and O–H groups in total. The third-order valence-corrected chi connectivity index (χ3v) is 1.91. The molecule has 1 atom stereocenters. The van der Waals surface area contributed by atoms with E-state index in [0.29, 0.717) is 5.56 Å². The first-order valence-corrected chi connectivity index (χ1v) is 4.15. The first kappa shape index (κ1) is 10.5. The Morgan fingerprint density at radius 1 is 1.64 bits per heavy atom. The number of nitriles is 1. The number of hydrogen-bond acceptors (Lipinski definition) is 3. The van der Waals surface area contributed by atoms with Gasteiger partial charge in [-0.3, -0.25) is 0 Å². The van der Waals surface area contributed by atoms with Crippen molar-refractivity contribution in [2.75, 3.05) is 7.11 Å². The fourth-order valence-electron chi connectivity index (χ4n) is 1.12. The topological polar surface area (TPSA) is 59.0 Å². The van der Waals surface area contributed by atoms with Crippen molar-refractivity contribution >= 4 is 0 Å². The van der Waals surface area contributed by atoms with E-state index in [-0.39, 0.29) is 12.2 Å². The zero-order valence-corrected chi connectivity index (χ0v) is 7.83. The van der Waals surface area contributed by atoms with Gasteiger partial charge >= 0.3 is 0 Å². The normalized spacial score (nSPS) is 11.9. The molecule has 0 amide bonds. The lowest BCUT2D eigenvalue weighted by Crippen LogP contribution is -2.09. The summed E-state index contributed by atoms with van der Waals surface area (Å²) in [5.74, 6) is -0.281. The van der Waals surface area contributed by atoms with Crippen LogP contribution < -0.4 is 10.5 Å². The fourth-order valence-corrected chi connectivity index (χ4v) is 1.12.